The van der Waals surface area contributed by atoms with Gasteiger partial charge in [-0.25, -0.2) is 0 Å². The summed E-state index contributed by atoms with van der Waals surface area (Å²) in [5.74, 6) is 0.927. The van der Waals surface area contributed by atoms with Gasteiger partial charge in [-0.3, -0.25) is 0 Å². The second-order valence-electron chi connectivity index (χ2n) is 4.10. The van der Waals surface area contributed by atoms with E-state index < -0.39 is 0 Å². The average Bonchev–Trinajstić information content (AvgIpc) is 1.98. The van der Waals surface area contributed by atoms with E-state index in [-0.39, 0.29) is 0 Å². The van der Waals surface area contributed by atoms with Crippen LogP contribution in [0.25, 0.3) is 0 Å². The van der Waals surface area contributed by atoms with Crippen molar-refractivity contribution in [2.75, 3.05) is 26.7 Å². The Bertz CT molecular complexity index is 128. The average molecular weight is 154 g/mol. The summed E-state index contributed by atoms with van der Waals surface area (Å²) in [4.78, 5) is 2.48. The molecule has 0 spiro atoms. The summed E-state index contributed by atoms with van der Waals surface area (Å²) in [6.07, 6.45) is 4.21. The minimum atomic E-state index is 0.828. The van der Waals surface area contributed by atoms with Crippen molar-refractivity contribution in [3.8, 4) is 0 Å². The van der Waals surface area contributed by atoms with Crippen LogP contribution >= 0.6 is 0 Å². The number of nitrogens with zero attached hydrogens (tertiary/aromatic N) is 1. The summed E-state index contributed by atoms with van der Waals surface area (Å²) in [7, 11) is 2.25. The van der Waals surface area contributed by atoms with Crippen molar-refractivity contribution in [3.63, 3.8) is 0 Å². The maximum Gasteiger partial charge on any atom is 0.00794 e. The van der Waals surface area contributed by atoms with E-state index in [0.717, 1.165) is 12.0 Å². The van der Waals surface area contributed by atoms with Crippen molar-refractivity contribution >= 4 is 0 Å². The van der Waals surface area contributed by atoms with Gasteiger partial charge in [0.25, 0.3) is 0 Å². The third-order valence-corrected chi connectivity index (χ3v) is 3.05. The van der Waals surface area contributed by atoms with E-state index in [1.165, 1.54) is 38.9 Å². The smallest absolute Gasteiger partial charge is 0.00794 e. The highest BCUT2D eigenvalue weighted by Gasteiger charge is 2.24. The lowest BCUT2D eigenvalue weighted by molar-refractivity contribution is 0.173. The van der Waals surface area contributed by atoms with Crippen LogP contribution in [0.1, 0.15) is 19.3 Å². The highest BCUT2D eigenvalue weighted by molar-refractivity contribution is 4.82. The fourth-order valence-electron chi connectivity index (χ4n) is 2.28. The van der Waals surface area contributed by atoms with Crippen molar-refractivity contribution in [1.82, 2.24) is 10.2 Å². The molecular formula is C9H18N2. The van der Waals surface area contributed by atoms with Gasteiger partial charge in [0.05, 0.1) is 0 Å². The van der Waals surface area contributed by atoms with Crippen LogP contribution in [-0.4, -0.2) is 37.6 Å². The van der Waals surface area contributed by atoms with Crippen molar-refractivity contribution in [1.29, 1.82) is 0 Å². The Morgan fingerprint density at radius 3 is 2.91 bits per heavy atom. The van der Waals surface area contributed by atoms with E-state index in [9.17, 15) is 0 Å². The predicted molar refractivity (Wildman–Crippen MR) is 46.6 cm³/mol. The zero-order valence-electron chi connectivity index (χ0n) is 7.34. The van der Waals surface area contributed by atoms with Crippen LogP contribution in [0.2, 0.25) is 0 Å². The molecule has 3 aliphatic rings. The fraction of sp³-hybridized carbons (Fsp3) is 1.00. The summed E-state index contributed by atoms with van der Waals surface area (Å²) in [6, 6.07) is 0.828. The normalized spacial score (nSPS) is 40.1. The number of nitrogens with one attached hydrogen (secondary N) is 1. The molecule has 3 saturated heterocycles. The molecule has 2 atom stereocenters. The Hall–Kier alpha value is -0.0800. The van der Waals surface area contributed by atoms with Gasteiger partial charge in [0.15, 0.2) is 0 Å². The molecule has 0 amide bonds. The fourth-order valence-corrected chi connectivity index (χ4v) is 2.28. The van der Waals surface area contributed by atoms with Crippen molar-refractivity contribution in [2.24, 2.45) is 5.92 Å². The molecule has 0 saturated carbocycles. The van der Waals surface area contributed by atoms with Crippen LogP contribution in [0.4, 0.5) is 0 Å². The number of fused-ring (bicyclic) bond motifs is 5. The Balaban J connectivity index is 1.97. The number of piperidine rings is 1. The quantitative estimate of drug-likeness (QED) is 0.552. The van der Waals surface area contributed by atoms with Crippen LogP contribution < -0.4 is 5.32 Å². The molecule has 3 heterocycles. The summed E-state index contributed by atoms with van der Waals surface area (Å²) in [5.41, 5.74) is 0. The first-order chi connectivity index (χ1) is 5.34. The Morgan fingerprint density at radius 2 is 2.18 bits per heavy atom. The number of hydrogen-bond donors (Lipinski definition) is 1. The van der Waals surface area contributed by atoms with Crippen molar-refractivity contribution in [2.45, 2.75) is 25.3 Å². The van der Waals surface area contributed by atoms with Crippen LogP contribution in [0.3, 0.4) is 0 Å². The molecule has 3 aliphatic heterocycles. The second-order valence-corrected chi connectivity index (χ2v) is 4.10. The van der Waals surface area contributed by atoms with Crippen molar-refractivity contribution in [3.05, 3.63) is 0 Å². The molecule has 0 aromatic heterocycles. The molecular weight excluding hydrogens is 136 g/mol. The molecule has 0 radical (unpaired) electrons. The summed E-state index contributed by atoms with van der Waals surface area (Å²) in [6.45, 7) is 3.85. The van der Waals surface area contributed by atoms with E-state index in [1.54, 1.807) is 0 Å². The molecule has 0 aromatic rings. The summed E-state index contributed by atoms with van der Waals surface area (Å²) in [5, 5.41) is 3.61. The third-order valence-electron chi connectivity index (χ3n) is 3.05. The molecule has 0 aliphatic carbocycles. The van der Waals surface area contributed by atoms with E-state index in [4.69, 9.17) is 0 Å². The highest BCUT2D eigenvalue weighted by Crippen LogP contribution is 2.20. The van der Waals surface area contributed by atoms with E-state index in [1.807, 2.05) is 0 Å². The molecule has 64 valence electrons. The van der Waals surface area contributed by atoms with E-state index in [0.29, 0.717) is 0 Å². The molecule has 1 N–H and O–H groups in total. The van der Waals surface area contributed by atoms with Crippen molar-refractivity contribution < 1.29 is 0 Å². The lowest BCUT2D eigenvalue weighted by Gasteiger charge is -2.36. The lowest BCUT2D eigenvalue weighted by Crippen LogP contribution is -2.47. The first kappa shape index (κ1) is 7.56. The van der Waals surface area contributed by atoms with E-state index in [2.05, 4.69) is 17.3 Å². The van der Waals surface area contributed by atoms with Gasteiger partial charge in [-0.05, 0) is 45.3 Å². The Kier molecular flexibility index (Phi) is 2.14. The molecule has 2 heteroatoms. The number of hydrogen-bond acceptors (Lipinski definition) is 2. The molecule has 3 fully saturated rings. The Labute approximate surface area is 69.0 Å². The van der Waals surface area contributed by atoms with Crippen LogP contribution in [0, 0.1) is 5.92 Å². The molecule has 3 rings (SSSR count). The van der Waals surface area contributed by atoms with Crippen LogP contribution in [-0.2, 0) is 0 Å². The van der Waals surface area contributed by atoms with Crippen LogP contribution in [0.5, 0.6) is 0 Å². The predicted octanol–water partition coefficient (Wildman–Crippen LogP) is 0.690. The minimum absolute atomic E-state index is 0.828. The van der Waals surface area contributed by atoms with Gasteiger partial charge in [0, 0.05) is 12.6 Å². The van der Waals surface area contributed by atoms with E-state index >= 15 is 0 Å². The third kappa shape index (κ3) is 1.74. The van der Waals surface area contributed by atoms with Gasteiger partial charge in [0.1, 0.15) is 0 Å². The van der Waals surface area contributed by atoms with Gasteiger partial charge < -0.3 is 10.2 Å². The topological polar surface area (TPSA) is 15.3 Å². The largest absolute Gasteiger partial charge is 0.314 e. The van der Waals surface area contributed by atoms with Gasteiger partial charge in [-0.15, -0.1) is 0 Å². The summed E-state index contributed by atoms with van der Waals surface area (Å²) < 4.78 is 0. The monoisotopic (exact) mass is 154 g/mol. The molecule has 0 aromatic carbocycles. The lowest BCUT2D eigenvalue weighted by atomic mass is 9.91. The minimum Gasteiger partial charge on any atom is -0.314 e. The van der Waals surface area contributed by atoms with Crippen LogP contribution in [0.15, 0.2) is 0 Å². The zero-order chi connectivity index (χ0) is 7.68. The molecule has 2 bridgehead atoms. The maximum absolute atomic E-state index is 3.61. The van der Waals surface area contributed by atoms with Gasteiger partial charge in [0.2, 0.25) is 0 Å². The SMILES string of the molecule is CN1CCC2CCC(CN2)C1. The zero-order valence-corrected chi connectivity index (χ0v) is 7.34. The first-order valence-electron chi connectivity index (χ1n) is 4.76. The first-order valence-corrected chi connectivity index (χ1v) is 4.76. The maximum atomic E-state index is 3.61. The van der Waals surface area contributed by atoms with Gasteiger partial charge in [-0.2, -0.15) is 0 Å². The van der Waals surface area contributed by atoms with Gasteiger partial charge in [-0.1, -0.05) is 0 Å². The Morgan fingerprint density at radius 1 is 1.27 bits per heavy atom. The number of rotatable bonds is 0. The molecule has 2 unspecified atom stereocenters. The summed E-state index contributed by atoms with van der Waals surface area (Å²) >= 11 is 0. The standard InChI is InChI=1S/C9H18N2/c1-11-5-4-9-3-2-8(7-11)6-10-9/h8-10H,2-7H2,1H3. The second kappa shape index (κ2) is 3.11. The van der Waals surface area contributed by atoms with Gasteiger partial charge >= 0.3 is 0 Å². The molecule has 2 nitrogen and oxygen atoms in total. The highest BCUT2D eigenvalue weighted by atomic mass is 15.1. The molecule has 11 heavy (non-hydrogen) atoms.